The second-order valence-electron chi connectivity index (χ2n) is 6.34. The van der Waals surface area contributed by atoms with Crippen LogP contribution in [-0.2, 0) is 15.6 Å². The Bertz CT molecular complexity index is 1140. The number of hydrogen-bond donors (Lipinski definition) is 2. The molecule has 3 rings (SSSR count). The van der Waals surface area contributed by atoms with Crippen molar-refractivity contribution in [1.29, 1.82) is 0 Å². The largest absolute Gasteiger partial charge is 0.495 e. The van der Waals surface area contributed by atoms with Crippen molar-refractivity contribution < 1.29 is 32.2 Å². The summed E-state index contributed by atoms with van der Waals surface area (Å²) in [5, 5.41) is 9.88. The molecule has 0 amide bonds. The number of carboxylic acids is 1. The van der Waals surface area contributed by atoms with Crippen LogP contribution in [0.1, 0.15) is 15.9 Å². The molecule has 0 unspecified atom stereocenters. The van der Waals surface area contributed by atoms with E-state index in [1.54, 1.807) is 24.3 Å². The Morgan fingerprint density at radius 2 is 1.93 bits per heavy atom. The summed E-state index contributed by atoms with van der Waals surface area (Å²) in [4.78, 5) is 12.1. The van der Waals surface area contributed by atoms with E-state index in [9.17, 15) is 18.3 Å². The molecule has 0 aliphatic heterocycles. The summed E-state index contributed by atoms with van der Waals surface area (Å²) in [7, 11) is -2.53. The molecule has 9 heteroatoms. The van der Waals surface area contributed by atoms with Gasteiger partial charge >= 0.3 is 5.97 Å². The van der Waals surface area contributed by atoms with Gasteiger partial charge in [-0.15, -0.1) is 0 Å². The van der Waals surface area contributed by atoms with Crippen LogP contribution >= 0.6 is 0 Å². The maximum absolute atomic E-state index is 13.0. The summed E-state index contributed by atoms with van der Waals surface area (Å²) >= 11 is 0. The lowest BCUT2D eigenvalue weighted by Crippen LogP contribution is -2.16. The minimum absolute atomic E-state index is 0.0211. The van der Waals surface area contributed by atoms with Crippen LogP contribution in [0.5, 0.6) is 11.5 Å². The van der Waals surface area contributed by atoms with Crippen LogP contribution in [0.3, 0.4) is 0 Å². The molecule has 0 aliphatic rings. The Morgan fingerprint density at radius 1 is 1.17 bits per heavy atom. The number of carbonyl (C=O) groups is 1. The highest BCUT2D eigenvalue weighted by Crippen LogP contribution is 2.37. The number of hydrogen-bond acceptors (Lipinski definition) is 7. The van der Waals surface area contributed by atoms with E-state index in [-0.39, 0.29) is 40.7 Å². The van der Waals surface area contributed by atoms with Crippen molar-refractivity contribution in [2.75, 3.05) is 20.3 Å². The molecule has 0 bridgehead atoms. The fourth-order valence-corrected chi connectivity index (χ4v) is 4.64. The highest BCUT2D eigenvalue weighted by Gasteiger charge is 2.27. The normalized spacial score (nSPS) is 11.3. The quantitative estimate of drug-likeness (QED) is 0.529. The second kappa shape index (κ2) is 9.02. The number of ether oxygens (including phenoxy) is 2. The van der Waals surface area contributed by atoms with E-state index in [4.69, 9.17) is 19.6 Å². The lowest BCUT2D eigenvalue weighted by Gasteiger charge is -2.17. The summed E-state index contributed by atoms with van der Waals surface area (Å²) in [6, 6.07) is 10.9. The van der Waals surface area contributed by atoms with Crippen LogP contribution in [-0.4, -0.2) is 39.8 Å². The fraction of sp³-hybridized carbons (Fsp3) is 0.190. The first-order valence-corrected chi connectivity index (χ1v) is 10.6. The first-order valence-electron chi connectivity index (χ1n) is 8.99. The highest BCUT2D eigenvalue weighted by atomic mass is 32.2. The van der Waals surface area contributed by atoms with Gasteiger partial charge in [-0.1, -0.05) is 24.3 Å². The Labute approximate surface area is 173 Å². The lowest BCUT2D eigenvalue weighted by molar-refractivity contribution is 0.0691. The molecule has 0 saturated heterocycles. The zero-order chi connectivity index (χ0) is 21.7. The standard InChI is InChI=1S/C21H21NO7S/c1-27-17-4-2-3-5-18(17)30(25,26)13-15-6-7-16(14-8-10-28-12-14)20(29-11-9-22)19(15)21(23)24/h2-8,10,12H,9,11,13,22H2,1H3,(H,23,24). The van der Waals surface area contributed by atoms with E-state index < -0.39 is 21.6 Å². The monoisotopic (exact) mass is 431 g/mol. The molecular formula is C21H21NO7S. The molecule has 0 aliphatic carbocycles. The van der Waals surface area contributed by atoms with Crippen LogP contribution in [0.15, 0.2) is 64.3 Å². The van der Waals surface area contributed by atoms with Crippen molar-refractivity contribution in [3.05, 3.63) is 66.1 Å². The van der Waals surface area contributed by atoms with E-state index in [0.29, 0.717) is 11.1 Å². The summed E-state index contributed by atoms with van der Waals surface area (Å²) < 4.78 is 42.0. The Hall–Kier alpha value is -3.30. The van der Waals surface area contributed by atoms with Gasteiger partial charge in [-0.25, -0.2) is 13.2 Å². The molecule has 0 radical (unpaired) electrons. The SMILES string of the molecule is COc1ccccc1S(=O)(=O)Cc1ccc(-c2ccoc2)c(OCCN)c1C(=O)O. The first kappa shape index (κ1) is 21.4. The maximum Gasteiger partial charge on any atom is 0.339 e. The minimum atomic E-state index is -3.90. The van der Waals surface area contributed by atoms with Crippen molar-refractivity contribution in [2.45, 2.75) is 10.6 Å². The molecule has 3 N–H and O–H groups in total. The maximum atomic E-state index is 13.0. The fourth-order valence-electron chi connectivity index (χ4n) is 3.09. The smallest absolute Gasteiger partial charge is 0.339 e. The summed E-state index contributed by atoms with van der Waals surface area (Å²) in [6.07, 6.45) is 2.89. The third kappa shape index (κ3) is 4.32. The number of benzene rings is 2. The van der Waals surface area contributed by atoms with Crippen LogP contribution in [0.25, 0.3) is 11.1 Å². The van der Waals surface area contributed by atoms with Crippen LogP contribution < -0.4 is 15.2 Å². The van der Waals surface area contributed by atoms with Gasteiger partial charge in [-0.2, -0.15) is 0 Å². The van der Waals surface area contributed by atoms with E-state index >= 15 is 0 Å². The summed E-state index contributed by atoms with van der Waals surface area (Å²) in [5.74, 6) is -1.62. The number of rotatable bonds is 9. The lowest BCUT2D eigenvalue weighted by atomic mass is 9.99. The van der Waals surface area contributed by atoms with Crippen LogP contribution in [0.4, 0.5) is 0 Å². The van der Waals surface area contributed by atoms with Gasteiger partial charge in [-0.3, -0.25) is 0 Å². The summed E-state index contributed by atoms with van der Waals surface area (Å²) in [5.41, 5.74) is 6.44. The van der Waals surface area contributed by atoms with E-state index in [2.05, 4.69) is 0 Å². The number of para-hydroxylation sites is 1. The predicted molar refractivity (Wildman–Crippen MR) is 110 cm³/mol. The van der Waals surface area contributed by atoms with E-state index in [1.165, 1.54) is 37.8 Å². The number of aromatic carboxylic acids is 1. The highest BCUT2D eigenvalue weighted by molar-refractivity contribution is 7.90. The van der Waals surface area contributed by atoms with Gasteiger partial charge in [0.25, 0.3) is 0 Å². The molecule has 8 nitrogen and oxygen atoms in total. The number of nitrogens with two attached hydrogens (primary N) is 1. The van der Waals surface area contributed by atoms with Gasteiger partial charge in [0.15, 0.2) is 9.84 Å². The van der Waals surface area contributed by atoms with Crippen molar-refractivity contribution in [2.24, 2.45) is 5.73 Å². The molecule has 30 heavy (non-hydrogen) atoms. The average Bonchev–Trinajstić information content (AvgIpc) is 3.26. The zero-order valence-electron chi connectivity index (χ0n) is 16.2. The second-order valence-corrected chi connectivity index (χ2v) is 8.30. The Morgan fingerprint density at radius 3 is 2.57 bits per heavy atom. The predicted octanol–water partition coefficient (Wildman–Crippen LogP) is 2.96. The van der Waals surface area contributed by atoms with Crippen LogP contribution in [0, 0.1) is 0 Å². The van der Waals surface area contributed by atoms with Gasteiger partial charge in [0.05, 0.1) is 25.4 Å². The molecule has 2 aromatic carbocycles. The molecule has 0 saturated carbocycles. The number of furan rings is 1. The third-order valence-electron chi connectivity index (χ3n) is 4.40. The molecule has 1 heterocycles. The Kier molecular flexibility index (Phi) is 6.43. The molecule has 1 aromatic heterocycles. The van der Waals surface area contributed by atoms with E-state index in [1.807, 2.05) is 0 Å². The van der Waals surface area contributed by atoms with Crippen LogP contribution in [0.2, 0.25) is 0 Å². The zero-order valence-corrected chi connectivity index (χ0v) is 17.0. The molecular weight excluding hydrogens is 410 g/mol. The number of methoxy groups -OCH3 is 1. The van der Waals surface area contributed by atoms with E-state index in [0.717, 1.165) is 0 Å². The minimum Gasteiger partial charge on any atom is -0.495 e. The van der Waals surface area contributed by atoms with Gasteiger partial charge in [0.1, 0.15) is 28.6 Å². The summed E-state index contributed by atoms with van der Waals surface area (Å²) in [6.45, 7) is 0.224. The number of carboxylic acid groups (broad SMARTS) is 1. The molecule has 0 atom stereocenters. The topological polar surface area (TPSA) is 129 Å². The van der Waals surface area contributed by atoms with Gasteiger partial charge in [0.2, 0.25) is 0 Å². The molecule has 0 spiro atoms. The number of sulfone groups is 1. The molecule has 3 aromatic rings. The van der Waals surface area contributed by atoms with Gasteiger partial charge in [-0.05, 0) is 23.8 Å². The van der Waals surface area contributed by atoms with Crippen molar-refractivity contribution in [1.82, 2.24) is 0 Å². The van der Waals surface area contributed by atoms with Gasteiger partial charge < -0.3 is 24.7 Å². The average molecular weight is 431 g/mol. The van der Waals surface area contributed by atoms with Crippen molar-refractivity contribution >= 4 is 15.8 Å². The Balaban J connectivity index is 2.14. The first-order chi connectivity index (χ1) is 14.4. The molecule has 158 valence electrons. The molecule has 0 fully saturated rings. The van der Waals surface area contributed by atoms with Gasteiger partial charge in [0, 0.05) is 17.7 Å². The van der Waals surface area contributed by atoms with Crippen molar-refractivity contribution in [3.8, 4) is 22.6 Å². The van der Waals surface area contributed by atoms with Crippen molar-refractivity contribution in [3.63, 3.8) is 0 Å². The third-order valence-corrected chi connectivity index (χ3v) is 6.10.